The molecule has 0 atom stereocenters. The molecule has 7 heteroatoms. The number of carbonyl (C=O) groups excluding carboxylic acids is 1. The number of benzene rings is 1. The minimum atomic E-state index is 0.143. The summed E-state index contributed by atoms with van der Waals surface area (Å²) in [5.41, 5.74) is 4.12. The van der Waals surface area contributed by atoms with E-state index in [1.54, 1.807) is 18.7 Å². The minimum absolute atomic E-state index is 0.143. The zero-order valence-corrected chi connectivity index (χ0v) is 16.5. The SMILES string of the molecule is O=C(Cc1ccc2c(c1)OCO2)N1CCC(c2ncncc2-c2ccncc2)CC1. The van der Waals surface area contributed by atoms with E-state index < -0.39 is 0 Å². The van der Waals surface area contributed by atoms with Gasteiger partial charge in [-0.1, -0.05) is 6.07 Å². The number of fused-ring (bicyclic) bond motifs is 1. The number of pyridine rings is 1. The van der Waals surface area contributed by atoms with Crippen LogP contribution >= 0.6 is 0 Å². The number of rotatable bonds is 4. The number of likely N-dealkylation sites (tertiary alicyclic amines) is 1. The fourth-order valence-corrected chi connectivity index (χ4v) is 4.16. The number of ether oxygens (including phenoxy) is 2. The predicted octanol–water partition coefficient (Wildman–Crippen LogP) is 3.22. The van der Waals surface area contributed by atoms with Gasteiger partial charge in [-0.25, -0.2) is 9.97 Å². The molecule has 0 unspecified atom stereocenters. The summed E-state index contributed by atoms with van der Waals surface area (Å²) in [6.07, 6.45) is 9.19. The van der Waals surface area contributed by atoms with Gasteiger partial charge in [0.1, 0.15) is 6.33 Å². The lowest BCUT2D eigenvalue weighted by Crippen LogP contribution is -2.39. The predicted molar refractivity (Wildman–Crippen MR) is 110 cm³/mol. The van der Waals surface area contributed by atoms with Crippen LogP contribution in [0.25, 0.3) is 11.1 Å². The van der Waals surface area contributed by atoms with Crippen molar-refractivity contribution in [2.24, 2.45) is 0 Å². The van der Waals surface area contributed by atoms with Gasteiger partial charge < -0.3 is 14.4 Å². The van der Waals surface area contributed by atoms with E-state index >= 15 is 0 Å². The van der Waals surface area contributed by atoms with Crippen LogP contribution in [-0.4, -0.2) is 45.6 Å². The molecule has 0 saturated carbocycles. The summed E-state index contributed by atoms with van der Waals surface area (Å²) in [5.74, 6) is 1.91. The number of carbonyl (C=O) groups is 1. The molecule has 1 amide bonds. The lowest BCUT2D eigenvalue weighted by atomic mass is 9.89. The smallest absolute Gasteiger partial charge is 0.231 e. The van der Waals surface area contributed by atoms with Crippen molar-refractivity contribution in [1.29, 1.82) is 0 Å². The number of piperidine rings is 1. The Balaban J connectivity index is 1.24. The van der Waals surface area contributed by atoms with Gasteiger partial charge in [0, 0.05) is 43.2 Å². The molecule has 0 radical (unpaired) electrons. The molecule has 3 aromatic rings. The van der Waals surface area contributed by atoms with Crippen LogP contribution < -0.4 is 9.47 Å². The number of aromatic nitrogens is 3. The second-order valence-electron chi connectivity index (χ2n) is 7.58. The van der Waals surface area contributed by atoms with Crippen LogP contribution in [0.15, 0.2) is 55.2 Å². The molecule has 1 saturated heterocycles. The van der Waals surface area contributed by atoms with Crippen molar-refractivity contribution >= 4 is 5.91 Å². The number of hydrogen-bond acceptors (Lipinski definition) is 6. The van der Waals surface area contributed by atoms with E-state index in [1.807, 2.05) is 41.4 Å². The Morgan fingerprint density at radius 2 is 1.83 bits per heavy atom. The van der Waals surface area contributed by atoms with Crippen LogP contribution in [0.1, 0.15) is 30.0 Å². The zero-order chi connectivity index (χ0) is 20.3. The molecule has 5 rings (SSSR count). The third-order valence-corrected chi connectivity index (χ3v) is 5.76. The molecule has 0 bridgehead atoms. The van der Waals surface area contributed by atoms with E-state index in [9.17, 15) is 4.79 Å². The first-order valence-electron chi connectivity index (χ1n) is 10.1. The second-order valence-corrected chi connectivity index (χ2v) is 7.58. The molecule has 1 fully saturated rings. The van der Waals surface area contributed by atoms with Crippen molar-refractivity contribution in [2.45, 2.75) is 25.2 Å². The Bertz CT molecular complexity index is 1050. The van der Waals surface area contributed by atoms with E-state index in [0.29, 0.717) is 18.1 Å². The Hall–Kier alpha value is -3.48. The van der Waals surface area contributed by atoms with Gasteiger partial charge in [-0.3, -0.25) is 9.78 Å². The normalized spacial score (nSPS) is 15.9. The Morgan fingerprint density at radius 1 is 1.03 bits per heavy atom. The van der Waals surface area contributed by atoms with Crippen molar-refractivity contribution < 1.29 is 14.3 Å². The van der Waals surface area contributed by atoms with Crippen molar-refractivity contribution in [3.63, 3.8) is 0 Å². The molecule has 2 aliphatic heterocycles. The topological polar surface area (TPSA) is 77.4 Å². The highest BCUT2D eigenvalue weighted by Crippen LogP contribution is 2.34. The largest absolute Gasteiger partial charge is 0.454 e. The van der Waals surface area contributed by atoms with Gasteiger partial charge in [-0.2, -0.15) is 0 Å². The van der Waals surface area contributed by atoms with Crippen molar-refractivity contribution in [2.75, 3.05) is 19.9 Å². The maximum atomic E-state index is 12.8. The summed E-state index contributed by atoms with van der Waals surface area (Å²) in [6, 6.07) is 9.65. The maximum Gasteiger partial charge on any atom is 0.231 e. The van der Waals surface area contributed by atoms with E-state index in [1.165, 1.54) is 0 Å². The quantitative estimate of drug-likeness (QED) is 0.667. The summed E-state index contributed by atoms with van der Waals surface area (Å²) >= 11 is 0. The minimum Gasteiger partial charge on any atom is -0.454 e. The number of nitrogens with zero attached hydrogens (tertiary/aromatic N) is 4. The molecule has 7 nitrogen and oxygen atoms in total. The fourth-order valence-electron chi connectivity index (χ4n) is 4.16. The lowest BCUT2D eigenvalue weighted by Gasteiger charge is -2.32. The Labute approximate surface area is 174 Å². The number of hydrogen-bond donors (Lipinski definition) is 0. The van der Waals surface area contributed by atoms with Crippen molar-refractivity contribution in [1.82, 2.24) is 19.9 Å². The second kappa shape index (κ2) is 8.10. The molecule has 4 heterocycles. The highest BCUT2D eigenvalue weighted by atomic mass is 16.7. The molecule has 2 aromatic heterocycles. The number of amides is 1. The van der Waals surface area contributed by atoms with Crippen LogP contribution in [0, 0.1) is 0 Å². The van der Waals surface area contributed by atoms with Crippen LogP contribution in [0.2, 0.25) is 0 Å². The third kappa shape index (κ3) is 3.70. The molecular weight excluding hydrogens is 380 g/mol. The van der Waals surface area contributed by atoms with Gasteiger partial charge in [0.05, 0.1) is 12.1 Å². The summed E-state index contributed by atoms with van der Waals surface area (Å²) in [7, 11) is 0. The van der Waals surface area contributed by atoms with Crippen LogP contribution in [0.5, 0.6) is 11.5 Å². The first-order chi connectivity index (χ1) is 14.8. The molecule has 0 N–H and O–H groups in total. The summed E-state index contributed by atoms with van der Waals surface area (Å²) < 4.78 is 10.8. The van der Waals surface area contributed by atoms with E-state index in [-0.39, 0.29) is 12.7 Å². The van der Waals surface area contributed by atoms with Crippen molar-refractivity contribution in [3.05, 3.63) is 66.5 Å². The van der Waals surface area contributed by atoms with Gasteiger partial charge in [-0.05, 0) is 48.2 Å². The van der Waals surface area contributed by atoms with E-state index in [2.05, 4.69) is 15.0 Å². The monoisotopic (exact) mass is 402 g/mol. The molecule has 152 valence electrons. The third-order valence-electron chi connectivity index (χ3n) is 5.76. The van der Waals surface area contributed by atoms with E-state index in [4.69, 9.17) is 9.47 Å². The average Bonchev–Trinajstić information content (AvgIpc) is 3.28. The van der Waals surface area contributed by atoms with E-state index in [0.717, 1.165) is 54.1 Å². The molecule has 0 aliphatic carbocycles. The van der Waals surface area contributed by atoms with Gasteiger partial charge in [0.25, 0.3) is 0 Å². The molecule has 30 heavy (non-hydrogen) atoms. The van der Waals surface area contributed by atoms with Crippen LogP contribution in [0.3, 0.4) is 0 Å². The Morgan fingerprint density at radius 3 is 2.67 bits per heavy atom. The highest BCUT2D eigenvalue weighted by molar-refractivity contribution is 5.79. The summed E-state index contributed by atoms with van der Waals surface area (Å²) in [6.45, 7) is 1.70. The Kier molecular flexibility index (Phi) is 5.01. The molecule has 1 aromatic carbocycles. The fraction of sp³-hybridized carbons (Fsp3) is 0.304. The molecular formula is C23H22N4O3. The van der Waals surface area contributed by atoms with Gasteiger partial charge >= 0.3 is 0 Å². The summed E-state index contributed by atoms with van der Waals surface area (Å²) in [4.78, 5) is 27.7. The van der Waals surface area contributed by atoms with Gasteiger partial charge in [-0.15, -0.1) is 0 Å². The average molecular weight is 402 g/mol. The highest BCUT2D eigenvalue weighted by Gasteiger charge is 2.27. The molecule has 2 aliphatic rings. The van der Waals surface area contributed by atoms with Gasteiger partial charge in [0.2, 0.25) is 12.7 Å². The zero-order valence-electron chi connectivity index (χ0n) is 16.5. The van der Waals surface area contributed by atoms with Gasteiger partial charge in [0.15, 0.2) is 11.5 Å². The maximum absolute atomic E-state index is 12.8. The van der Waals surface area contributed by atoms with Crippen LogP contribution in [-0.2, 0) is 11.2 Å². The molecule has 0 spiro atoms. The first kappa shape index (κ1) is 18.5. The standard InChI is InChI=1S/C23H22N4O3/c28-22(12-16-1-2-20-21(11-16)30-15-29-20)27-9-5-18(6-10-27)23-19(13-25-14-26-23)17-3-7-24-8-4-17/h1-4,7-8,11,13-14,18H,5-6,9-10,12,15H2. The van der Waals surface area contributed by atoms with Crippen molar-refractivity contribution in [3.8, 4) is 22.6 Å². The lowest BCUT2D eigenvalue weighted by molar-refractivity contribution is -0.131. The first-order valence-corrected chi connectivity index (χ1v) is 10.1. The van der Waals surface area contributed by atoms with Crippen LogP contribution in [0.4, 0.5) is 0 Å². The summed E-state index contributed by atoms with van der Waals surface area (Å²) in [5, 5.41) is 0.